The molecule has 3 rings (SSSR count). The van der Waals surface area contributed by atoms with Crippen molar-refractivity contribution in [1.82, 2.24) is 9.55 Å². The highest BCUT2D eigenvalue weighted by molar-refractivity contribution is 9.10. The fourth-order valence-corrected chi connectivity index (χ4v) is 3.30. The molecule has 1 aliphatic rings. The van der Waals surface area contributed by atoms with Crippen molar-refractivity contribution in [2.45, 2.75) is 18.8 Å². The molecule has 0 aliphatic carbocycles. The van der Waals surface area contributed by atoms with Gasteiger partial charge in [-0.15, -0.1) is 0 Å². The van der Waals surface area contributed by atoms with Crippen molar-refractivity contribution in [3.05, 3.63) is 57.0 Å². The monoisotopic (exact) mass is 347 g/mol. The van der Waals surface area contributed by atoms with Crippen molar-refractivity contribution in [2.75, 3.05) is 18.0 Å². The SMILES string of the molecule is Cn1ccnc(N2CCC(c3cccc(Br)c3)CC2)c1=O. The summed E-state index contributed by atoms with van der Waals surface area (Å²) in [6, 6.07) is 8.52. The zero-order valence-electron chi connectivity index (χ0n) is 12.0. The van der Waals surface area contributed by atoms with Gasteiger partial charge in [0.25, 0.3) is 5.56 Å². The second-order valence-corrected chi connectivity index (χ2v) is 6.40. The van der Waals surface area contributed by atoms with Gasteiger partial charge in [-0.2, -0.15) is 0 Å². The highest BCUT2D eigenvalue weighted by Gasteiger charge is 2.23. The van der Waals surface area contributed by atoms with E-state index in [4.69, 9.17) is 0 Å². The molecule has 0 spiro atoms. The molecular weight excluding hydrogens is 330 g/mol. The Bertz CT molecular complexity index is 690. The van der Waals surface area contributed by atoms with Crippen LogP contribution in [0.15, 0.2) is 45.9 Å². The zero-order chi connectivity index (χ0) is 14.8. The van der Waals surface area contributed by atoms with Crippen LogP contribution in [0.4, 0.5) is 5.82 Å². The van der Waals surface area contributed by atoms with Gasteiger partial charge >= 0.3 is 0 Å². The molecule has 110 valence electrons. The summed E-state index contributed by atoms with van der Waals surface area (Å²) < 4.78 is 2.71. The van der Waals surface area contributed by atoms with Gasteiger partial charge in [-0.3, -0.25) is 4.79 Å². The van der Waals surface area contributed by atoms with Crippen LogP contribution < -0.4 is 10.5 Å². The van der Waals surface area contributed by atoms with Crippen molar-refractivity contribution < 1.29 is 0 Å². The maximum Gasteiger partial charge on any atom is 0.293 e. The minimum atomic E-state index is -0.0154. The number of benzene rings is 1. The Morgan fingerprint density at radius 2 is 2.05 bits per heavy atom. The minimum absolute atomic E-state index is 0.0154. The van der Waals surface area contributed by atoms with Crippen molar-refractivity contribution in [1.29, 1.82) is 0 Å². The summed E-state index contributed by atoms with van der Waals surface area (Å²) >= 11 is 3.53. The molecule has 0 bridgehead atoms. The maximum absolute atomic E-state index is 12.1. The molecule has 1 fully saturated rings. The van der Waals surface area contributed by atoms with Crippen LogP contribution in [0.25, 0.3) is 0 Å². The minimum Gasteiger partial charge on any atom is -0.352 e. The molecule has 21 heavy (non-hydrogen) atoms. The Hall–Kier alpha value is -1.62. The topological polar surface area (TPSA) is 38.1 Å². The summed E-state index contributed by atoms with van der Waals surface area (Å²) in [6.07, 6.45) is 5.49. The van der Waals surface area contributed by atoms with Gasteiger partial charge in [0.1, 0.15) is 0 Å². The quantitative estimate of drug-likeness (QED) is 0.838. The smallest absolute Gasteiger partial charge is 0.293 e. The molecule has 2 heterocycles. The van der Waals surface area contributed by atoms with Crippen LogP contribution in [0.1, 0.15) is 24.3 Å². The molecule has 1 saturated heterocycles. The Morgan fingerprint density at radius 1 is 1.29 bits per heavy atom. The molecule has 1 aromatic carbocycles. The van der Waals surface area contributed by atoms with Crippen molar-refractivity contribution in [2.24, 2.45) is 7.05 Å². The highest BCUT2D eigenvalue weighted by atomic mass is 79.9. The van der Waals surface area contributed by atoms with Crippen molar-refractivity contribution in [3.8, 4) is 0 Å². The number of piperidine rings is 1. The van der Waals surface area contributed by atoms with Crippen LogP contribution >= 0.6 is 15.9 Å². The van der Waals surface area contributed by atoms with Gasteiger partial charge in [0.2, 0.25) is 0 Å². The Balaban J connectivity index is 1.73. The van der Waals surface area contributed by atoms with E-state index in [2.05, 4.69) is 50.1 Å². The number of rotatable bonds is 2. The normalized spacial score (nSPS) is 16.2. The van der Waals surface area contributed by atoms with Crippen molar-refractivity contribution in [3.63, 3.8) is 0 Å². The lowest BCUT2D eigenvalue weighted by Crippen LogP contribution is -2.38. The number of aromatic nitrogens is 2. The Kier molecular flexibility index (Phi) is 4.10. The fraction of sp³-hybridized carbons (Fsp3) is 0.375. The summed E-state index contributed by atoms with van der Waals surface area (Å²) in [4.78, 5) is 18.5. The Morgan fingerprint density at radius 3 is 2.76 bits per heavy atom. The van der Waals surface area contributed by atoms with E-state index in [0.29, 0.717) is 11.7 Å². The average Bonchev–Trinajstić information content (AvgIpc) is 2.50. The first kappa shape index (κ1) is 14.3. The molecule has 1 aliphatic heterocycles. The largest absolute Gasteiger partial charge is 0.352 e. The maximum atomic E-state index is 12.1. The van der Waals surface area contributed by atoms with Crippen LogP contribution in [-0.2, 0) is 7.05 Å². The van der Waals surface area contributed by atoms with Crippen LogP contribution in [0.3, 0.4) is 0 Å². The number of hydrogen-bond donors (Lipinski definition) is 0. The lowest BCUT2D eigenvalue weighted by atomic mass is 9.89. The summed E-state index contributed by atoms with van der Waals surface area (Å²) in [6.45, 7) is 1.76. The molecule has 0 amide bonds. The number of aryl methyl sites for hydroxylation is 1. The molecule has 0 atom stereocenters. The number of halogens is 1. The molecule has 5 heteroatoms. The van der Waals surface area contributed by atoms with Gasteiger partial charge in [-0.1, -0.05) is 28.1 Å². The van der Waals surface area contributed by atoms with Gasteiger partial charge in [0.05, 0.1) is 0 Å². The molecule has 0 N–H and O–H groups in total. The zero-order valence-corrected chi connectivity index (χ0v) is 13.6. The van der Waals surface area contributed by atoms with E-state index >= 15 is 0 Å². The number of nitrogens with zero attached hydrogens (tertiary/aromatic N) is 3. The van der Waals surface area contributed by atoms with Gasteiger partial charge in [0, 0.05) is 37.0 Å². The van der Waals surface area contributed by atoms with Gasteiger partial charge in [0.15, 0.2) is 5.82 Å². The molecular formula is C16H18BrN3O. The predicted molar refractivity (Wildman–Crippen MR) is 87.8 cm³/mol. The number of hydrogen-bond acceptors (Lipinski definition) is 3. The van der Waals surface area contributed by atoms with E-state index < -0.39 is 0 Å². The molecule has 4 nitrogen and oxygen atoms in total. The third kappa shape index (κ3) is 3.02. The second-order valence-electron chi connectivity index (χ2n) is 5.48. The highest BCUT2D eigenvalue weighted by Crippen LogP contribution is 2.30. The number of anilines is 1. The van der Waals surface area contributed by atoms with E-state index in [1.807, 2.05) is 0 Å². The van der Waals surface area contributed by atoms with Crippen LogP contribution in [0.2, 0.25) is 0 Å². The predicted octanol–water partition coefficient (Wildman–Crippen LogP) is 2.93. The first-order valence-corrected chi connectivity index (χ1v) is 7.96. The molecule has 0 radical (unpaired) electrons. The van der Waals surface area contributed by atoms with Gasteiger partial charge < -0.3 is 9.47 Å². The summed E-state index contributed by atoms with van der Waals surface area (Å²) in [7, 11) is 1.77. The third-order valence-corrected chi connectivity index (χ3v) is 4.61. The van der Waals surface area contributed by atoms with E-state index in [-0.39, 0.29) is 5.56 Å². The molecule has 1 aromatic heterocycles. The standard InChI is InChI=1S/C16H18BrN3O/c1-19-10-7-18-15(16(19)21)20-8-5-12(6-9-20)13-3-2-4-14(17)11-13/h2-4,7,10-12H,5-6,8-9H2,1H3. The molecule has 0 unspecified atom stereocenters. The Labute approximate surface area is 132 Å². The van der Waals surface area contributed by atoms with Crippen LogP contribution in [0, 0.1) is 0 Å². The molecule has 2 aromatic rings. The first-order valence-electron chi connectivity index (χ1n) is 7.17. The third-order valence-electron chi connectivity index (χ3n) is 4.11. The fourth-order valence-electron chi connectivity index (χ4n) is 2.89. The van der Waals surface area contributed by atoms with E-state index in [0.717, 1.165) is 30.4 Å². The van der Waals surface area contributed by atoms with Crippen LogP contribution in [-0.4, -0.2) is 22.6 Å². The lowest BCUT2D eigenvalue weighted by molar-refractivity contribution is 0.500. The average molecular weight is 348 g/mol. The summed E-state index contributed by atoms with van der Waals surface area (Å²) in [5, 5.41) is 0. The van der Waals surface area contributed by atoms with Crippen LogP contribution in [0.5, 0.6) is 0 Å². The molecule has 0 saturated carbocycles. The van der Waals surface area contributed by atoms with Gasteiger partial charge in [-0.25, -0.2) is 4.98 Å². The van der Waals surface area contributed by atoms with E-state index in [1.54, 1.807) is 24.0 Å². The van der Waals surface area contributed by atoms with E-state index in [1.165, 1.54) is 5.56 Å². The van der Waals surface area contributed by atoms with Crippen molar-refractivity contribution >= 4 is 21.7 Å². The van der Waals surface area contributed by atoms with Gasteiger partial charge in [-0.05, 0) is 36.5 Å². The lowest BCUT2D eigenvalue weighted by Gasteiger charge is -2.32. The summed E-state index contributed by atoms with van der Waals surface area (Å²) in [5.41, 5.74) is 1.36. The van der Waals surface area contributed by atoms with E-state index in [9.17, 15) is 4.79 Å². The summed E-state index contributed by atoms with van der Waals surface area (Å²) in [5.74, 6) is 1.14. The second kappa shape index (κ2) is 6.02. The first-order chi connectivity index (χ1) is 10.1.